The van der Waals surface area contributed by atoms with E-state index >= 15 is 0 Å². The Bertz CT molecular complexity index is 813. The second-order valence-electron chi connectivity index (χ2n) is 5.58. The third-order valence-electron chi connectivity index (χ3n) is 4.16. The average Bonchev–Trinajstić information content (AvgIpc) is 3.04. The second-order valence-corrected chi connectivity index (χ2v) is 6.83. The summed E-state index contributed by atoms with van der Waals surface area (Å²) >= 11 is 2.30. The molecule has 4 nitrogen and oxygen atoms in total. The molecule has 6 heteroatoms. The highest BCUT2D eigenvalue weighted by atomic mass is 127. The number of hydrogen-bond acceptors (Lipinski definition) is 3. The van der Waals surface area contributed by atoms with Crippen LogP contribution in [-0.4, -0.2) is 14.8 Å². The number of hydrogen-bond donors (Lipinski definition) is 1. The topological polar surface area (TPSA) is 42.7 Å². The van der Waals surface area contributed by atoms with Crippen molar-refractivity contribution in [2.24, 2.45) is 0 Å². The summed E-state index contributed by atoms with van der Waals surface area (Å²) in [5.41, 5.74) is 2.25. The molecule has 0 saturated carbocycles. The Hall–Kier alpha value is -1.96. The van der Waals surface area contributed by atoms with E-state index in [1.807, 2.05) is 16.8 Å². The molecule has 0 unspecified atom stereocenters. The normalized spacial score (nSPS) is 19.9. The maximum absolute atomic E-state index is 13.2. The molecule has 0 spiro atoms. The molecule has 1 N–H and O–H groups in total. The van der Waals surface area contributed by atoms with Gasteiger partial charge in [-0.2, -0.15) is 10.1 Å². The Balaban J connectivity index is 1.71. The predicted octanol–water partition coefficient (Wildman–Crippen LogP) is 4.17. The molecule has 23 heavy (non-hydrogen) atoms. The van der Waals surface area contributed by atoms with Crippen LogP contribution in [0.4, 0.5) is 10.3 Å². The van der Waals surface area contributed by atoms with Gasteiger partial charge in [0.05, 0.1) is 12.1 Å². The zero-order chi connectivity index (χ0) is 15.8. The third kappa shape index (κ3) is 2.83. The first-order valence-electron chi connectivity index (χ1n) is 7.38. The summed E-state index contributed by atoms with van der Waals surface area (Å²) in [6, 6.07) is 15.3. The lowest BCUT2D eigenvalue weighted by Crippen LogP contribution is -2.28. The third-order valence-corrected chi connectivity index (χ3v) is 4.88. The molecule has 2 aromatic carbocycles. The number of benzene rings is 2. The van der Waals surface area contributed by atoms with Crippen molar-refractivity contribution in [2.45, 2.75) is 18.5 Å². The molecular weight excluding hydrogens is 406 g/mol. The lowest BCUT2D eigenvalue weighted by molar-refractivity contribution is 0.430. The van der Waals surface area contributed by atoms with Crippen molar-refractivity contribution in [2.75, 3.05) is 5.32 Å². The van der Waals surface area contributed by atoms with Gasteiger partial charge in [-0.3, -0.25) is 0 Å². The minimum atomic E-state index is -0.226. The summed E-state index contributed by atoms with van der Waals surface area (Å²) in [5.74, 6) is 0.518. The fourth-order valence-electron chi connectivity index (χ4n) is 3.00. The molecule has 0 saturated heterocycles. The lowest BCUT2D eigenvalue weighted by atomic mass is 9.93. The van der Waals surface area contributed by atoms with Crippen molar-refractivity contribution in [1.82, 2.24) is 14.8 Å². The van der Waals surface area contributed by atoms with Crippen LogP contribution < -0.4 is 5.32 Å². The first-order chi connectivity index (χ1) is 11.2. The molecule has 1 aromatic heterocycles. The predicted molar refractivity (Wildman–Crippen MR) is 94.7 cm³/mol. The number of nitrogens with zero attached hydrogens (tertiary/aromatic N) is 3. The van der Waals surface area contributed by atoms with Crippen LogP contribution in [0.15, 0.2) is 54.9 Å². The molecule has 1 aliphatic rings. The number of fused-ring (bicyclic) bond motifs is 1. The van der Waals surface area contributed by atoms with Crippen LogP contribution in [0, 0.1) is 9.39 Å². The van der Waals surface area contributed by atoms with Gasteiger partial charge in [0.2, 0.25) is 5.95 Å². The highest BCUT2D eigenvalue weighted by Gasteiger charge is 2.29. The fraction of sp³-hybridized carbons (Fsp3) is 0.176. The Morgan fingerprint density at radius 3 is 2.48 bits per heavy atom. The number of halogens is 2. The summed E-state index contributed by atoms with van der Waals surface area (Å²) in [5, 5.41) is 7.76. The maximum Gasteiger partial charge on any atom is 0.222 e. The molecule has 3 aromatic rings. The summed E-state index contributed by atoms with van der Waals surface area (Å²) in [6.45, 7) is 0. The first kappa shape index (κ1) is 14.6. The van der Waals surface area contributed by atoms with Gasteiger partial charge in [0.1, 0.15) is 12.1 Å². The van der Waals surface area contributed by atoms with Crippen molar-refractivity contribution in [3.63, 3.8) is 0 Å². The van der Waals surface area contributed by atoms with Crippen LogP contribution in [0.5, 0.6) is 0 Å². The Morgan fingerprint density at radius 2 is 1.74 bits per heavy atom. The van der Waals surface area contributed by atoms with Crippen LogP contribution in [-0.2, 0) is 0 Å². The van der Waals surface area contributed by atoms with E-state index in [0.717, 1.165) is 17.9 Å². The number of anilines is 1. The SMILES string of the molecule is Fc1ccc([C@@H]2C[C@H](c3ccc(I)cc3)Nc3ncnn32)cc1. The molecular formula is C17H14FIN4. The smallest absolute Gasteiger partial charge is 0.222 e. The summed E-state index contributed by atoms with van der Waals surface area (Å²) in [7, 11) is 0. The Labute approximate surface area is 146 Å². The number of nitrogens with one attached hydrogen (secondary N) is 1. The lowest BCUT2D eigenvalue weighted by Gasteiger charge is -2.31. The molecule has 116 valence electrons. The summed E-state index contributed by atoms with van der Waals surface area (Å²) in [4.78, 5) is 4.31. The van der Waals surface area contributed by atoms with Gasteiger partial charge in [-0.15, -0.1) is 0 Å². The molecule has 0 radical (unpaired) electrons. The van der Waals surface area contributed by atoms with Gasteiger partial charge in [0.25, 0.3) is 0 Å². The van der Waals surface area contributed by atoms with Crippen LogP contribution in [0.1, 0.15) is 29.6 Å². The van der Waals surface area contributed by atoms with E-state index in [9.17, 15) is 4.39 Å². The van der Waals surface area contributed by atoms with E-state index in [1.54, 1.807) is 6.33 Å². The van der Waals surface area contributed by atoms with Crippen LogP contribution in [0.25, 0.3) is 0 Å². The van der Waals surface area contributed by atoms with E-state index < -0.39 is 0 Å². The van der Waals surface area contributed by atoms with Gasteiger partial charge >= 0.3 is 0 Å². The molecule has 4 rings (SSSR count). The van der Waals surface area contributed by atoms with Gasteiger partial charge in [0.15, 0.2) is 0 Å². The van der Waals surface area contributed by atoms with Crippen molar-refractivity contribution < 1.29 is 4.39 Å². The Morgan fingerprint density at radius 1 is 1.04 bits per heavy atom. The zero-order valence-corrected chi connectivity index (χ0v) is 14.3. The monoisotopic (exact) mass is 420 g/mol. The van der Waals surface area contributed by atoms with Crippen molar-refractivity contribution in [3.8, 4) is 0 Å². The second kappa shape index (κ2) is 5.92. The van der Waals surface area contributed by atoms with E-state index in [0.29, 0.717) is 0 Å². The van der Waals surface area contributed by atoms with Crippen LogP contribution in [0.2, 0.25) is 0 Å². The van der Waals surface area contributed by atoms with Crippen LogP contribution in [0.3, 0.4) is 0 Å². The molecule has 2 heterocycles. The number of aromatic nitrogens is 3. The standard InChI is InChI=1S/C17H14FIN4/c18-13-5-1-12(2-6-13)16-9-15(11-3-7-14(19)8-4-11)22-17-20-10-21-23(16)17/h1-8,10,15-16H,9H2,(H,20,21,22)/t15-,16+/m1/s1. The molecule has 0 bridgehead atoms. The van der Waals surface area contributed by atoms with Gasteiger partial charge < -0.3 is 5.32 Å². The van der Waals surface area contributed by atoms with Crippen molar-refractivity contribution >= 4 is 28.5 Å². The highest BCUT2D eigenvalue weighted by molar-refractivity contribution is 14.1. The molecule has 2 atom stereocenters. The summed E-state index contributed by atoms with van der Waals surface area (Å²) in [6.07, 6.45) is 2.39. The fourth-order valence-corrected chi connectivity index (χ4v) is 3.36. The maximum atomic E-state index is 13.2. The highest BCUT2D eigenvalue weighted by Crippen LogP contribution is 2.37. The van der Waals surface area contributed by atoms with Crippen molar-refractivity contribution in [1.29, 1.82) is 0 Å². The van der Waals surface area contributed by atoms with Gasteiger partial charge in [-0.05, 0) is 64.4 Å². The minimum absolute atomic E-state index is 0.0404. The average molecular weight is 420 g/mol. The largest absolute Gasteiger partial charge is 0.348 e. The van der Waals surface area contributed by atoms with Crippen molar-refractivity contribution in [3.05, 3.63) is 75.4 Å². The van der Waals surface area contributed by atoms with E-state index in [-0.39, 0.29) is 17.9 Å². The molecule has 0 amide bonds. The zero-order valence-electron chi connectivity index (χ0n) is 12.2. The molecule has 0 fully saturated rings. The van der Waals surface area contributed by atoms with E-state index in [4.69, 9.17) is 0 Å². The number of rotatable bonds is 2. The quantitative estimate of drug-likeness (QED) is 0.633. The Kier molecular flexibility index (Phi) is 3.76. The van der Waals surface area contributed by atoms with Gasteiger partial charge in [0, 0.05) is 3.57 Å². The van der Waals surface area contributed by atoms with Crippen LogP contribution >= 0.6 is 22.6 Å². The molecule has 1 aliphatic heterocycles. The van der Waals surface area contributed by atoms with Gasteiger partial charge in [-0.25, -0.2) is 9.07 Å². The van der Waals surface area contributed by atoms with E-state index in [1.165, 1.54) is 21.3 Å². The summed E-state index contributed by atoms with van der Waals surface area (Å²) < 4.78 is 16.3. The first-order valence-corrected chi connectivity index (χ1v) is 8.45. The molecule has 0 aliphatic carbocycles. The van der Waals surface area contributed by atoms with E-state index in [2.05, 4.69) is 62.3 Å². The van der Waals surface area contributed by atoms with Gasteiger partial charge in [-0.1, -0.05) is 24.3 Å². The minimum Gasteiger partial charge on any atom is -0.348 e.